The molecule has 0 aliphatic heterocycles. The summed E-state index contributed by atoms with van der Waals surface area (Å²) in [6.07, 6.45) is 1.09. The molecule has 3 unspecified atom stereocenters. The molecule has 92 valence electrons. The molecule has 1 aromatic rings. The van der Waals surface area contributed by atoms with Gasteiger partial charge in [-0.05, 0) is 17.7 Å². The second-order valence-electron chi connectivity index (χ2n) is 4.24. The number of rotatable bonds is 3. The highest BCUT2D eigenvalue weighted by Crippen LogP contribution is 2.52. The number of hydrogen-bond donors (Lipinski definition) is 1. The van der Waals surface area contributed by atoms with Crippen molar-refractivity contribution in [1.82, 2.24) is 0 Å². The van der Waals surface area contributed by atoms with E-state index in [-0.39, 0.29) is 0 Å². The lowest BCUT2D eigenvalue weighted by Gasteiger charge is -1.99. The minimum Gasteiger partial charge on any atom is -0.481 e. The average molecular weight is 319 g/mol. The van der Waals surface area contributed by atoms with E-state index in [9.17, 15) is 13.2 Å². The molecular weight excluding hydrogens is 308 g/mol. The maximum atomic E-state index is 11.5. The van der Waals surface area contributed by atoms with E-state index in [1.54, 1.807) is 24.3 Å². The Morgan fingerprint density at radius 2 is 1.82 bits per heavy atom. The van der Waals surface area contributed by atoms with Crippen LogP contribution in [0.4, 0.5) is 0 Å². The standard InChI is InChI=1S/C11H11BrO4S/c1-17(15,16)10-8(9(10)11(13)14)6-2-4-7(12)5-3-6/h2-5,8-10H,1H3,(H,13,14). The summed E-state index contributed by atoms with van der Waals surface area (Å²) in [6.45, 7) is 0. The molecule has 17 heavy (non-hydrogen) atoms. The molecule has 0 amide bonds. The summed E-state index contributed by atoms with van der Waals surface area (Å²) in [4.78, 5) is 11.0. The van der Waals surface area contributed by atoms with Crippen molar-refractivity contribution < 1.29 is 18.3 Å². The lowest BCUT2D eigenvalue weighted by atomic mass is 10.1. The Kier molecular flexibility index (Phi) is 3.03. The Labute approximate surface area is 108 Å². The largest absolute Gasteiger partial charge is 0.481 e. The first kappa shape index (κ1) is 12.6. The monoisotopic (exact) mass is 318 g/mol. The van der Waals surface area contributed by atoms with Gasteiger partial charge in [0.1, 0.15) is 0 Å². The summed E-state index contributed by atoms with van der Waals surface area (Å²) in [5, 5.41) is 8.21. The lowest BCUT2D eigenvalue weighted by Crippen LogP contribution is -2.10. The number of benzene rings is 1. The summed E-state index contributed by atoms with van der Waals surface area (Å²) >= 11 is 3.28. The average Bonchev–Trinajstić information content (AvgIpc) is 2.93. The van der Waals surface area contributed by atoms with Crippen molar-refractivity contribution in [2.24, 2.45) is 5.92 Å². The topological polar surface area (TPSA) is 71.4 Å². The Morgan fingerprint density at radius 3 is 2.18 bits per heavy atom. The molecule has 1 aliphatic carbocycles. The number of halogens is 1. The smallest absolute Gasteiger partial charge is 0.308 e. The highest BCUT2D eigenvalue weighted by atomic mass is 79.9. The molecule has 6 heteroatoms. The van der Waals surface area contributed by atoms with Crippen LogP contribution in [0.15, 0.2) is 28.7 Å². The molecular formula is C11H11BrO4S. The summed E-state index contributed by atoms with van der Waals surface area (Å²) in [7, 11) is -3.32. The maximum absolute atomic E-state index is 11.5. The number of sulfone groups is 1. The van der Waals surface area contributed by atoms with Crippen molar-refractivity contribution in [3.63, 3.8) is 0 Å². The van der Waals surface area contributed by atoms with Crippen LogP contribution in [0.3, 0.4) is 0 Å². The van der Waals surface area contributed by atoms with Gasteiger partial charge in [0.2, 0.25) is 0 Å². The van der Waals surface area contributed by atoms with E-state index < -0.39 is 32.9 Å². The van der Waals surface area contributed by atoms with Gasteiger partial charge in [0, 0.05) is 16.6 Å². The van der Waals surface area contributed by atoms with Gasteiger partial charge in [0.05, 0.1) is 11.2 Å². The van der Waals surface area contributed by atoms with Crippen molar-refractivity contribution in [2.45, 2.75) is 11.2 Å². The molecule has 1 fully saturated rings. The Balaban J connectivity index is 2.34. The molecule has 0 bridgehead atoms. The fourth-order valence-electron chi connectivity index (χ4n) is 2.19. The molecule has 0 heterocycles. The summed E-state index contributed by atoms with van der Waals surface area (Å²) < 4.78 is 23.9. The van der Waals surface area contributed by atoms with Crippen LogP contribution in [0.1, 0.15) is 11.5 Å². The van der Waals surface area contributed by atoms with Gasteiger partial charge >= 0.3 is 5.97 Å². The van der Waals surface area contributed by atoms with E-state index in [1.807, 2.05) is 0 Å². The van der Waals surface area contributed by atoms with Gasteiger partial charge in [0.25, 0.3) is 0 Å². The third-order valence-electron chi connectivity index (χ3n) is 2.99. The minimum absolute atomic E-state index is 0.421. The first-order valence-corrected chi connectivity index (χ1v) is 7.74. The molecule has 0 spiro atoms. The van der Waals surface area contributed by atoms with Crippen LogP contribution in [-0.4, -0.2) is 31.0 Å². The predicted octanol–water partition coefficient (Wildman–Crippen LogP) is 1.66. The van der Waals surface area contributed by atoms with E-state index in [2.05, 4.69) is 15.9 Å². The van der Waals surface area contributed by atoms with Crippen molar-refractivity contribution in [3.8, 4) is 0 Å². The van der Waals surface area contributed by atoms with E-state index in [0.29, 0.717) is 0 Å². The van der Waals surface area contributed by atoms with Gasteiger partial charge in [0.15, 0.2) is 9.84 Å². The summed E-state index contributed by atoms with van der Waals surface area (Å²) in [5.41, 5.74) is 0.760. The van der Waals surface area contributed by atoms with Crippen molar-refractivity contribution in [3.05, 3.63) is 34.3 Å². The van der Waals surface area contributed by atoms with Crippen molar-refractivity contribution >= 4 is 31.7 Å². The Hall–Kier alpha value is -0.880. The summed E-state index contributed by atoms with van der Waals surface area (Å²) in [5.74, 6) is -2.28. The van der Waals surface area contributed by atoms with Gasteiger partial charge in [-0.3, -0.25) is 4.79 Å². The molecule has 1 N–H and O–H groups in total. The van der Waals surface area contributed by atoms with Crippen LogP contribution in [0.2, 0.25) is 0 Å². The van der Waals surface area contributed by atoms with Crippen molar-refractivity contribution in [2.75, 3.05) is 6.26 Å². The lowest BCUT2D eigenvalue weighted by molar-refractivity contribution is -0.138. The summed E-state index contributed by atoms with van der Waals surface area (Å²) in [6, 6.07) is 7.09. The highest BCUT2D eigenvalue weighted by molar-refractivity contribution is 9.10. The van der Waals surface area contributed by atoms with Gasteiger partial charge in [-0.25, -0.2) is 8.42 Å². The first-order valence-electron chi connectivity index (χ1n) is 4.99. The maximum Gasteiger partial charge on any atom is 0.308 e. The predicted molar refractivity (Wildman–Crippen MR) is 66.6 cm³/mol. The zero-order valence-electron chi connectivity index (χ0n) is 9.00. The second kappa shape index (κ2) is 4.10. The van der Waals surface area contributed by atoms with E-state index in [1.165, 1.54) is 0 Å². The van der Waals surface area contributed by atoms with Crippen LogP contribution < -0.4 is 0 Å². The molecule has 4 nitrogen and oxygen atoms in total. The van der Waals surface area contributed by atoms with E-state index in [4.69, 9.17) is 5.11 Å². The molecule has 1 aliphatic rings. The molecule has 1 saturated carbocycles. The fourth-order valence-corrected chi connectivity index (χ4v) is 4.04. The third-order valence-corrected chi connectivity index (χ3v) is 5.09. The second-order valence-corrected chi connectivity index (χ2v) is 7.35. The Morgan fingerprint density at radius 1 is 1.29 bits per heavy atom. The quantitative estimate of drug-likeness (QED) is 0.920. The number of carbonyl (C=O) groups is 1. The normalized spacial score (nSPS) is 27.8. The van der Waals surface area contributed by atoms with Crippen LogP contribution in [0.5, 0.6) is 0 Å². The van der Waals surface area contributed by atoms with Crippen LogP contribution >= 0.6 is 15.9 Å². The fraction of sp³-hybridized carbons (Fsp3) is 0.364. The van der Waals surface area contributed by atoms with E-state index in [0.717, 1.165) is 16.3 Å². The number of carboxylic acids is 1. The van der Waals surface area contributed by atoms with Gasteiger partial charge in [-0.2, -0.15) is 0 Å². The number of aliphatic carboxylic acids is 1. The van der Waals surface area contributed by atoms with E-state index >= 15 is 0 Å². The molecule has 3 atom stereocenters. The minimum atomic E-state index is -3.32. The van der Waals surface area contributed by atoms with Crippen LogP contribution in [0.25, 0.3) is 0 Å². The van der Waals surface area contributed by atoms with Crippen LogP contribution in [0, 0.1) is 5.92 Å². The molecule has 0 saturated heterocycles. The number of hydrogen-bond acceptors (Lipinski definition) is 3. The highest BCUT2D eigenvalue weighted by Gasteiger charge is 2.61. The van der Waals surface area contributed by atoms with Crippen molar-refractivity contribution in [1.29, 1.82) is 0 Å². The Bertz CT molecular complexity index is 549. The van der Waals surface area contributed by atoms with Gasteiger partial charge < -0.3 is 5.11 Å². The molecule has 0 aromatic heterocycles. The molecule has 1 aromatic carbocycles. The van der Waals surface area contributed by atoms with Gasteiger partial charge in [-0.15, -0.1) is 0 Å². The molecule has 2 rings (SSSR count). The third kappa shape index (κ3) is 2.37. The van der Waals surface area contributed by atoms with Gasteiger partial charge in [-0.1, -0.05) is 28.1 Å². The SMILES string of the molecule is CS(=O)(=O)C1C(C(=O)O)C1c1ccc(Br)cc1. The zero-order valence-corrected chi connectivity index (χ0v) is 11.4. The molecule has 0 radical (unpaired) electrons. The first-order chi connectivity index (χ1) is 7.82. The van der Waals surface area contributed by atoms with Crippen LogP contribution in [-0.2, 0) is 14.6 Å². The number of carboxylic acid groups (broad SMARTS) is 1. The zero-order chi connectivity index (χ0) is 12.8.